The van der Waals surface area contributed by atoms with Gasteiger partial charge in [0, 0.05) is 30.4 Å². The topological polar surface area (TPSA) is 51.0 Å². The van der Waals surface area contributed by atoms with Gasteiger partial charge in [-0.3, -0.25) is 14.5 Å². The molecule has 2 aliphatic rings. The number of aryl methyl sites for hydroxylation is 1. The number of hydrogen-bond donors (Lipinski definition) is 0. The molecule has 2 aliphatic carbocycles. The average Bonchev–Trinajstić information content (AvgIpc) is 3.46. The van der Waals surface area contributed by atoms with Crippen molar-refractivity contribution in [3.05, 3.63) is 59.2 Å². The molecule has 0 bridgehead atoms. The minimum Gasteiger partial charge on any atom is -0.328 e. The van der Waals surface area contributed by atoms with Crippen molar-refractivity contribution in [3.63, 3.8) is 0 Å². The molecule has 3 aromatic rings. The van der Waals surface area contributed by atoms with Crippen LogP contribution >= 0.6 is 0 Å². The van der Waals surface area contributed by atoms with Gasteiger partial charge in [0.05, 0.1) is 12.2 Å². The van der Waals surface area contributed by atoms with Crippen LogP contribution in [0.3, 0.4) is 0 Å². The minimum atomic E-state index is 0.0427. The third-order valence-corrected chi connectivity index (χ3v) is 6.42. The van der Waals surface area contributed by atoms with E-state index in [0.29, 0.717) is 12.2 Å². The molecule has 0 spiro atoms. The Labute approximate surface area is 165 Å². The lowest BCUT2D eigenvalue weighted by molar-refractivity contribution is 0.0657. The maximum Gasteiger partial charge on any atom is 0.273 e. The van der Waals surface area contributed by atoms with Crippen LogP contribution in [0.2, 0.25) is 0 Å². The number of benzene rings is 1. The summed E-state index contributed by atoms with van der Waals surface area (Å²) < 4.78 is 2.02. The lowest BCUT2D eigenvalue weighted by Gasteiger charge is -2.29. The van der Waals surface area contributed by atoms with Gasteiger partial charge in [-0.05, 0) is 49.1 Å². The van der Waals surface area contributed by atoms with Crippen molar-refractivity contribution in [2.24, 2.45) is 7.05 Å². The highest BCUT2D eigenvalue weighted by Crippen LogP contribution is 2.31. The molecule has 0 radical (unpaired) electrons. The summed E-state index contributed by atoms with van der Waals surface area (Å²) in [6.45, 7) is 0.595. The molecule has 1 amide bonds. The molecule has 0 aliphatic heterocycles. The third-order valence-electron chi connectivity index (χ3n) is 6.42. The van der Waals surface area contributed by atoms with Gasteiger partial charge < -0.3 is 4.90 Å². The van der Waals surface area contributed by atoms with Crippen molar-refractivity contribution < 1.29 is 4.79 Å². The fourth-order valence-electron chi connectivity index (χ4n) is 4.99. The quantitative estimate of drug-likeness (QED) is 0.692. The molecule has 1 fully saturated rings. The third kappa shape index (κ3) is 2.89. The number of nitrogens with zero attached hydrogens (tertiary/aromatic N) is 4. The summed E-state index contributed by atoms with van der Waals surface area (Å²) >= 11 is 0. The Bertz CT molecular complexity index is 1030. The Balaban J connectivity index is 1.53. The van der Waals surface area contributed by atoms with Crippen LogP contribution in [0.1, 0.15) is 59.5 Å². The summed E-state index contributed by atoms with van der Waals surface area (Å²) in [5.41, 5.74) is 4.36. The first kappa shape index (κ1) is 17.4. The van der Waals surface area contributed by atoms with E-state index in [0.717, 1.165) is 42.1 Å². The van der Waals surface area contributed by atoms with Gasteiger partial charge in [0.1, 0.15) is 5.69 Å². The molecule has 0 unspecified atom stereocenters. The molecule has 0 saturated heterocycles. The van der Waals surface area contributed by atoms with E-state index >= 15 is 0 Å². The van der Waals surface area contributed by atoms with Gasteiger partial charge in [0.2, 0.25) is 0 Å². The molecule has 5 heteroatoms. The van der Waals surface area contributed by atoms with E-state index in [4.69, 9.17) is 5.10 Å². The van der Waals surface area contributed by atoms with Gasteiger partial charge in [-0.25, -0.2) is 0 Å². The zero-order valence-corrected chi connectivity index (χ0v) is 16.4. The number of hydrogen-bond acceptors (Lipinski definition) is 3. The fourth-order valence-corrected chi connectivity index (χ4v) is 4.99. The normalized spacial score (nSPS) is 16.6. The highest BCUT2D eigenvalue weighted by atomic mass is 16.2. The summed E-state index contributed by atoms with van der Waals surface area (Å²) in [7, 11) is 2.03. The maximum absolute atomic E-state index is 13.7. The van der Waals surface area contributed by atoms with Crippen LogP contribution < -0.4 is 0 Å². The lowest BCUT2D eigenvalue weighted by Crippen LogP contribution is -2.39. The summed E-state index contributed by atoms with van der Waals surface area (Å²) in [5, 5.41) is 6.78. The molecule has 2 aromatic heterocycles. The standard InChI is InChI=1S/C23H26N4O/c1-26-21-12-6-11-19(21)20(25-26)15-27(17-8-3-4-9-17)23(28)22-18-10-5-2-7-16(18)13-14-24-22/h2,5,7,10,13-14,17H,3-4,6,8-9,11-12,15H2,1H3. The second kappa shape index (κ2) is 7.04. The Morgan fingerprint density at radius 1 is 1.14 bits per heavy atom. The van der Waals surface area contributed by atoms with Crippen molar-refractivity contribution in [2.45, 2.75) is 57.5 Å². The second-order valence-electron chi connectivity index (χ2n) is 8.10. The van der Waals surface area contributed by atoms with E-state index < -0.39 is 0 Å². The highest BCUT2D eigenvalue weighted by Gasteiger charge is 2.31. The molecule has 5 rings (SSSR count). The van der Waals surface area contributed by atoms with Crippen LogP contribution in [0.15, 0.2) is 36.5 Å². The average molecular weight is 374 g/mol. The van der Waals surface area contributed by atoms with Gasteiger partial charge in [0.25, 0.3) is 5.91 Å². The number of aromatic nitrogens is 3. The van der Waals surface area contributed by atoms with Crippen molar-refractivity contribution in [2.75, 3.05) is 0 Å². The van der Waals surface area contributed by atoms with E-state index in [9.17, 15) is 4.79 Å². The summed E-state index contributed by atoms with van der Waals surface area (Å²) in [5.74, 6) is 0.0427. The van der Waals surface area contributed by atoms with Crippen molar-refractivity contribution in [1.82, 2.24) is 19.7 Å². The van der Waals surface area contributed by atoms with Gasteiger partial charge >= 0.3 is 0 Å². The van der Waals surface area contributed by atoms with Crippen molar-refractivity contribution in [1.29, 1.82) is 0 Å². The molecule has 0 N–H and O–H groups in total. The SMILES string of the molecule is Cn1nc(CN(C(=O)c2nccc3ccccc23)C2CCCC2)c2c1CCC2. The van der Waals surface area contributed by atoms with E-state index in [2.05, 4.69) is 9.88 Å². The van der Waals surface area contributed by atoms with Crippen LogP contribution in [0.4, 0.5) is 0 Å². The van der Waals surface area contributed by atoms with E-state index in [1.807, 2.05) is 42.1 Å². The molecule has 28 heavy (non-hydrogen) atoms. The highest BCUT2D eigenvalue weighted by molar-refractivity contribution is 6.05. The molecule has 1 saturated carbocycles. The zero-order valence-electron chi connectivity index (χ0n) is 16.4. The van der Waals surface area contributed by atoms with Crippen molar-refractivity contribution in [3.8, 4) is 0 Å². The largest absolute Gasteiger partial charge is 0.328 e. The Morgan fingerprint density at radius 3 is 2.82 bits per heavy atom. The number of pyridine rings is 1. The lowest BCUT2D eigenvalue weighted by atomic mass is 10.1. The molecule has 5 nitrogen and oxygen atoms in total. The first-order valence-electron chi connectivity index (χ1n) is 10.4. The van der Waals surface area contributed by atoms with Crippen molar-refractivity contribution >= 4 is 16.7 Å². The summed E-state index contributed by atoms with van der Waals surface area (Å²) in [6.07, 6.45) is 9.66. The molecule has 1 aromatic carbocycles. The summed E-state index contributed by atoms with van der Waals surface area (Å²) in [4.78, 5) is 20.2. The fraction of sp³-hybridized carbons (Fsp3) is 0.435. The van der Waals surface area contributed by atoms with E-state index in [-0.39, 0.29) is 11.9 Å². The predicted octanol–water partition coefficient (Wildman–Crippen LogP) is 4.04. The van der Waals surface area contributed by atoms with E-state index in [1.54, 1.807) is 6.20 Å². The Kier molecular flexibility index (Phi) is 4.38. The zero-order chi connectivity index (χ0) is 19.1. The van der Waals surface area contributed by atoms with Crippen LogP contribution in [0, 0.1) is 0 Å². The number of carbonyl (C=O) groups excluding carboxylic acids is 1. The van der Waals surface area contributed by atoms with Gasteiger partial charge in [-0.15, -0.1) is 0 Å². The van der Waals surface area contributed by atoms with Gasteiger partial charge in [0.15, 0.2) is 0 Å². The minimum absolute atomic E-state index is 0.0427. The number of carbonyl (C=O) groups is 1. The van der Waals surface area contributed by atoms with Crippen LogP contribution in [-0.4, -0.2) is 31.6 Å². The maximum atomic E-state index is 13.7. The van der Waals surface area contributed by atoms with Crippen LogP contribution in [0.25, 0.3) is 10.8 Å². The van der Waals surface area contributed by atoms with Crippen LogP contribution in [0.5, 0.6) is 0 Å². The number of amides is 1. The van der Waals surface area contributed by atoms with E-state index in [1.165, 1.54) is 30.5 Å². The van der Waals surface area contributed by atoms with Gasteiger partial charge in [-0.2, -0.15) is 5.10 Å². The molecular formula is C23H26N4O. The smallest absolute Gasteiger partial charge is 0.273 e. The molecule has 0 atom stereocenters. The monoisotopic (exact) mass is 374 g/mol. The predicted molar refractivity (Wildman–Crippen MR) is 109 cm³/mol. The Morgan fingerprint density at radius 2 is 1.96 bits per heavy atom. The Hall–Kier alpha value is -2.69. The number of fused-ring (bicyclic) bond motifs is 2. The summed E-state index contributed by atoms with van der Waals surface area (Å²) in [6, 6.07) is 10.3. The molecule has 144 valence electrons. The second-order valence-corrected chi connectivity index (χ2v) is 8.10. The first-order chi connectivity index (χ1) is 13.7. The molecular weight excluding hydrogens is 348 g/mol. The van der Waals surface area contributed by atoms with Gasteiger partial charge in [-0.1, -0.05) is 37.1 Å². The number of rotatable bonds is 4. The first-order valence-corrected chi connectivity index (χ1v) is 10.4. The van der Waals surface area contributed by atoms with Crippen LogP contribution in [-0.2, 0) is 26.4 Å². The molecule has 2 heterocycles.